The van der Waals surface area contributed by atoms with E-state index < -0.39 is 0 Å². The van der Waals surface area contributed by atoms with E-state index in [1.807, 2.05) is 51.5 Å². The van der Waals surface area contributed by atoms with Crippen LogP contribution in [0, 0.1) is 6.92 Å². The van der Waals surface area contributed by atoms with Gasteiger partial charge in [-0.15, -0.1) is 0 Å². The largest absolute Gasteiger partial charge is 0.497 e. The number of nitrogens with one attached hydrogen (secondary N) is 2. The zero-order valence-corrected chi connectivity index (χ0v) is 19.6. The molecule has 0 spiro atoms. The van der Waals surface area contributed by atoms with E-state index in [4.69, 9.17) is 4.74 Å². The third-order valence-corrected chi connectivity index (χ3v) is 6.80. The molecule has 2 N–H and O–H groups in total. The van der Waals surface area contributed by atoms with Crippen LogP contribution < -0.4 is 20.3 Å². The second-order valence-electron chi connectivity index (χ2n) is 9.29. The topological polar surface area (TPSA) is 71.4 Å². The number of hydrogen-bond donors (Lipinski definition) is 2. The molecule has 7 heteroatoms. The number of hydrogen-bond acceptors (Lipinski definition) is 5. The molecular formula is C26H31N5O2. The second-order valence-corrected chi connectivity index (χ2v) is 9.29. The van der Waals surface area contributed by atoms with Gasteiger partial charge in [-0.05, 0) is 67.3 Å². The van der Waals surface area contributed by atoms with Gasteiger partial charge in [-0.3, -0.25) is 9.48 Å². The van der Waals surface area contributed by atoms with Gasteiger partial charge in [0.05, 0.1) is 19.3 Å². The summed E-state index contributed by atoms with van der Waals surface area (Å²) >= 11 is 0. The molecular weight excluding hydrogens is 414 g/mol. The summed E-state index contributed by atoms with van der Waals surface area (Å²) in [5, 5.41) is 11.0. The molecule has 172 valence electrons. The average Bonchev–Trinajstić information content (AvgIpc) is 3.24. The van der Waals surface area contributed by atoms with E-state index in [1.54, 1.807) is 11.8 Å². The van der Waals surface area contributed by atoms with Crippen LogP contribution in [0.2, 0.25) is 0 Å². The van der Waals surface area contributed by atoms with Crippen LogP contribution in [0.4, 0.5) is 5.69 Å². The Morgan fingerprint density at radius 3 is 2.61 bits per heavy atom. The molecule has 3 saturated heterocycles. The number of benzene rings is 2. The first kappa shape index (κ1) is 21.5. The van der Waals surface area contributed by atoms with Crippen molar-refractivity contribution < 1.29 is 9.53 Å². The lowest BCUT2D eigenvalue weighted by atomic mass is 9.90. The van der Waals surface area contributed by atoms with Gasteiger partial charge >= 0.3 is 0 Å². The predicted octanol–water partition coefficient (Wildman–Crippen LogP) is 3.45. The minimum atomic E-state index is -0.182. The summed E-state index contributed by atoms with van der Waals surface area (Å²) in [6.07, 6.45) is 5.06. The van der Waals surface area contributed by atoms with Gasteiger partial charge in [-0.2, -0.15) is 5.10 Å². The van der Waals surface area contributed by atoms with Gasteiger partial charge < -0.3 is 20.3 Å². The van der Waals surface area contributed by atoms with Crippen LogP contribution in [0.1, 0.15) is 40.9 Å². The fourth-order valence-corrected chi connectivity index (χ4v) is 4.86. The summed E-state index contributed by atoms with van der Waals surface area (Å²) in [5.74, 6) is 0.691. The zero-order valence-electron chi connectivity index (χ0n) is 19.6. The van der Waals surface area contributed by atoms with Crippen molar-refractivity contribution in [2.24, 2.45) is 7.05 Å². The highest BCUT2D eigenvalue weighted by atomic mass is 16.5. The number of anilines is 1. The predicted molar refractivity (Wildman–Crippen MR) is 130 cm³/mol. The molecule has 0 unspecified atom stereocenters. The number of piperazine rings is 1. The maximum absolute atomic E-state index is 13.3. The third-order valence-electron chi connectivity index (χ3n) is 6.80. The Morgan fingerprint density at radius 2 is 1.94 bits per heavy atom. The molecule has 0 aliphatic carbocycles. The molecule has 0 saturated carbocycles. The number of rotatable bonds is 6. The van der Waals surface area contributed by atoms with E-state index in [0.29, 0.717) is 12.1 Å². The van der Waals surface area contributed by atoms with Gasteiger partial charge in [0.2, 0.25) is 0 Å². The summed E-state index contributed by atoms with van der Waals surface area (Å²) in [5.41, 5.74) is 5.82. The first-order valence-electron chi connectivity index (χ1n) is 11.5. The fraction of sp³-hybridized carbons (Fsp3) is 0.385. The van der Waals surface area contributed by atoms with Crippen molar-refractivity contribution in [3.63, 3.8) is 0 Å². The Morgan fingerprint density at radius 1 is 1.18 bits per heavy atom. The molecule has 6 rings (SSSR count). The van der Waals surface area contributed by atoms with Crippen molar-refractivity contribution in [1.82, 2.24) is 20.4 Å². The molecule has 1 aromatic heterocycles. The normalized spacial score (nSPS) is 20.2. The molecule has 0 radical (unpaired) electrons. The number of methoxy groups -OCH3 is 1. The van der Waals surface area contributed by atoms with Gasteiger partial charge in [-0.1, -0.05) is 6.07 Å². The molecule has 3 atom stereocenters. The van der Waals surface area contributed by atoms with Crippen LogP contribution >= 0.6 is 0 Å². The minimum Gasteiger partial charge on any atom is -0.497 e. The zero-order chi connectivity index (χ0) is 23.1. The molecule has 2 aromatic carbocycles. The molecule has 3 aromatic rings. The van der Waals surface area contributed by atoms with E-state index in [0.717, 1.165) is 52.3 Å². The highest BCUT2D eigenvalue weighted by molar-refractivity contribution is 5.97. The van der Waals surface area contributed by atoms with Gasteiger partial charge in [0, 0.05) is 55.2 Å². The lowest BCUT2D eigenvalue weighted by Gasteiger charge is -2.49. The van der Waals surface area contributed by atoms with Crippen LogP contribution in [0.3, 0.4) is 0 Å². The van der Waals surface area contributed by atoms with Crippen molar-refractivity contribution in [2.75, 3.05) is 25.1 Å². The molecule has 2 bridgehead atoms. The summed E-state index contributed by atoms with van der Waals surface area (Å²) in [4.78, 5) is 15.7. The Bertz CT molecular complexity index is 1170. The monoisotopic (exact) mass is 445 g/mol. The van der Waals surface area contributed by atoms with Crippen LogP contribution in [0.5, 0.6) is 5.75 Å². The molecule has 7 nitrogen and oxygen atoms in total. The quantitative estimate of drug-likeness (QED) is 0.608. The first-order valence-corrected chi connectivity index (χ1v) is 11.5. The van der Waals surface area contributed by atoms with Crippen molar-refractivity contribution in [2.45, 2.75) is 38.4 Å². The Kier molecular flexibility index (Phi) is 5.58. The van der Waals surface area contributed by atoms with Gasteiger partial charge in [0.25, 0.3) is 5.91 Å². The number of aryl methyl sites for hydroxylation is 2. The van der Waals surface area contributed by atoms with Gasteiger partial charge in [0.1, 0.15) is 5.75 Å². The highest BCUT2D eigenvalue weighted by Gasteiger charge is 2.36. The number of aromatic nitrogens is 2. The van der Waals surface area contributed by atoms with E-state index in [2.05, 4.69) is 38.8 Å². The first-order chi connectivity index (χ1) is 15.9. The van der Waals surface area contributed by atoms with Crippen LogP contribution in [-0.4, -0.2) is 48.0 Å². The Labute approximate surface area is 194 Å². The molecule has 33 heavy (non-hydrogen) atoms. The summed E-state index contributed by atoms with van der Waals surface area (Å²) in [7, 11) is 3.55. The van der Waals surface area contributed by atoms with Crippen molar-refractivity contribution in [3.8, 4) is 16.9 Å². The van der Waals surface area contributed by atoms with E-state index in [-0.39, 0.29) is 11.9 Å². The molecule has 3 aliphatic heterocycles. The number of carbonyl (C=O) groups excluding carboxylic acids is 1. The molecule has 1 amide bonds. The SMILES string of the molecule is COc1cc(-c2cnn(C)c2)cc([C@@H](C)NC(=O)c2cc(N3C[C@H]4C[C@@H](C3)N4)ccc2C)c1. The van der Waals surface area contributed by atoms with Crippen LogP contribution in [-0.2, 0) is 7.05 Å². The fourth-order valence-electron chi connectivity index (χ4n) is 4.86. The Hall–Kier alpha value is -3.32. The summed E-state index contributed by atoms with van der Waals surface area (Å²) in [6, 6.07) is 13.2. The lowest BCUT2D eigenvalue weighted by molar-refractivity contribution is 0.0939. The van der Waals surface area contributed by atoms with Crippen LogP contribution in [0.25, 0.3) is 11.1 Å². The van der Waals surface area contributed by atoms with Crippen molar-refractivity contribution in [1.29, 1.82) is 0 Å². The number of fused-ring (bicyclic) bond motifs is 2. The molecule has 3 fully saturated rings. The average molecular weight is 446 g/mol. The smallest absolute Gasteiger partial charge is 0.252 e. The van der Waals surface area contributed by atoms with E-state index in [1.165, 1.54) is 6.42 Å². The van der Waals surface area contributed by atoms with E-state index in [9.17, 15) is 4.79 Å². The number of amides is 1. The Balaban J connectivity index is 1.36. The standard InChI is InChI=1S/C26H31N5O2/c1-16-5-6-23(31-14-21-10-22(15-31)29-21)11-25(16)26(32)28-17(2)18-7-19(9-24(8-18)33-4)20-12-27-30(3)13-20/h5-9,11-13,17,21-22,29H,10,14-15H2,1-4H3,(H,28,32)/t17-,21-,22+/m1/s1. The number of piperidine rings is 1. The third kappa shape index (κ3) is 4.33. The second kappa shape index (κ2) is 8.56. The summed E-state index contributed by atoms with van der Waals surface area (Å²) in [6.45, 7) is 5.99. The summed E-state index contributed by atoms with van der Waals surface area (Å²) < 4.78 is 7.30. The number of ether oxygens (including phenoxy) is 1. The molecule has 4 heterocycles. The number of nitrogens with zero attached hydrogens (tertiary/aromatic N) is 3. The highest BCUT2D eigenvalue weighted by Crippen LogP contribution is 2.30. The van der Waals surface area contributed by atoms with Crippen LogP contribution in [0.15, 0.2) is 48.8 Å². The minimum absolute atomic E-state index is 0.0621. The molecule has 3 aliphatic rings. The maximum Gasteiger partial charge on any atom is 0.252 e. The number of carbonyl (C=O) groups is 1. The van der Waals surface area contributed by atoms with Crippen molar-refractivity contribution in [3.05, 3.63) is 65.5 Å². The van der Waals surface area contributed by atoms with Gasteiger partial charge in [-0.25, -0.2) is 0 Å². The van der Waals surface area contributed by atoms with Gasteiger partial charge in [0.15, 0.2) is 0 Å². The van der Waals surface area contributed by atoms with Crippen molar-refractivity contribution >= 4 is 11.6 Å². The lowest BCUT2D eigenvalue weighted by Crippen LogP contribution is -2.67. The van der Waals surface area contributed by atoms with E-state index >= 15 is 0 Å². The maximum atomic E-state index is 13.3.